The minimum Gasteiger partial charge on any atom is -0.504 e. The summed E-state index contributed by atoms with van der Waals surface area (Å²) in [4.78, 5) is 29.6. The van der Waals surface area contributed by atoms with Crippen molar-refractivity contribution in [2.24, 2.45) is 5.73 Å². The van der Waals surface area contributed by atoms with Crippen LogP contribution in [0.15, 0.2) is 72.8 Å². The zero-order chi connectivity index (χ0) is 26.4. The van der Waals surface area contributed by atoms with Crippen LogP contribution < -0.4 is 15.8 Å². The lowest BCUT2D eigenvalue weighted by molar-refractivity contribution is -0.159. The summed E-state index contributed by atoms with van der Waals surface area (Å²) in [6.45, 7) is 0.573. The second-order valence-corrected chi connectivity index (χ2v) is 9.15. The summed E-state index contributed by atoms with van der Waals surface area (Å²) >= 11 is 0. The number of nitrogens with one attached hydrogen (secondary N) is 1. The molecule has 2 amide bonds. The molecule has 5 rings (SSSR count). The summed E-state index contributed by atoms with van der Waals surface area (Å²) in [7, 11) is 0. The number of pyridine rings is 1. The Bertz CT molecular complexity index is 1530. The number of amides is 2. The van der Waals surface area contributed by atoms with Crippen molar-refractivity contribution in [3.05, 3.63) is 83.9 Å². The van der Waals surface area contributed by atoms with Crippen LogP contribution in [0.2, 0.25) is 0 Å². The van der Waals surface area contributed by atoms with E-state index in [9.17, 15) is 23.5 Å². The van der Waals surface area contributed by atoms with Crippen LogP contribution in [0.3, 0.4) is 0 Å². The molecule has 3 aromatic carbocycles. The van der Waals surface area contributed by atoms with E-state index in [1.54, 1.807) is 30.3 Å². The molecule has 4 aromatic rings. The van der Waals surface area contributed by atoms with Crippen molar-refractivity contribution in [3.63, 3.8) is 0 Å². The SMILES string of the molecule is CC(F)(F)Oc1cc(C2(C(=O)Nc3cc4ccccc4c(-c4ccc(C(N)=O)cc4)n3)CC2)ccc1O. The fourth-order valence-electron chi connectivity index (χ4n) is 4.37. The number of alkyl halides is 2. The van der Waals surface area contributed by atoms with Gasteiger partial charge in [-0.05, 0) is 54.1 Å². The number of hydrogen-bond acceptors (Lipinski definition) is 5. The molecule has 1 saturated carbocycles. The predicted octanol–water partition coefficient (Wildman–Crippen LogP) is 5.37. The lowest BCUT2D eigenvalue weighted by atomic mass is 9.94. The number of halogens is 2. The smallest absolute Gasteiger partial charge is 0.395 e. The van der Waals surface area contributed by atoms with E-state index in [2.05, 4.69) is 15.0 Å². The largest absolute Gasteiger partial charge is 0.504 e. The highest BCUT2D eigenvalue weighted by Gasteiger charge is 2.51. The molecule has 7 nitrogen and oxygen atoms in total. The topological polar surface area (TPSA) is 115 Å². The van der Waals surface area contributed by atoms with Gasteiger partial charge in [-0.3, -0.25) is 9.59 Å². The van der Waals surface area contributed by atoms with Crippen LogP contribution in [0.25, 0.3) is 22.0 Å². The van der Waals surface area contributed by atoms with Gasteiger partial charge in [0.05, 0.1) is 11.1 Å². The first-order chi connectivity index (χ1) is 17.6. The van der Waals surface area contributed by atoms with E-state index in [1.165, 1.54) is 18.2 Å². The molecule has 1 heterocycles. The first-order valence-corrected chi connectivity index (χ1v) is 11.6. The third kappa shape index (κ3) is 4.80. The monoisotopic (exact) mass is 503 g/mol. The zero-order valence-corrected chi connectivity index (χ0v) is 19.8. The maximum atomic E-state index is 13.4. The van der Waals surface area contributed by atoms with Crippen LogP contribution in [0.5, 0.6) is 11.5 Å². The molecule has 4 N–H and O–H groups in total. The number of fused-ring (bicyclic) bond motifs is 1. The highest BCUT2D eigenvalue weighted by atomic mass is 19.3. The Kier molecular flexibility index (Phi) is 5.78. The molecule has 9 heteroatoms. The van der Waals surface area contributed by atoms with Gasteiger partial charge in [-0.25, -0.2) is 4.98 Å². The van der Waals surface area contributed by atoms with Gasteiger partial charge >= 0.3 is 6.11 Å². The number of carbonyl (C=O) groups is 2. The highest BCUT2D eigenvalue weighted by molar-refractivity contribution is 6.04. The number of primary amides is 1. The van der Waals surface area contributed by atoms with Gasteiger partial charge in [-0.1, -0.05) is 42.5 Å². The van der Waals surface area contributed by atoms with E-state index in [0.29, 0.717) is 42.4 Å². The van der Waals surface area contributed by atoms with Crippen LogP contribution in [0.1, 0.15) is 35.7 Å². The number of phenolic OH excluding ortho intramolecular Hbond substituents is 1. The molecule has 1 aromatic heterocycles. The zero-order valence-electron chi connectivity index (χ0n) is 19.8. The lowest BCUT2D eigenvalue weighted by Gasteiger charge is -2.19. The number of hydrogen-bond donors (Lipinski definition) is 3. The molecule has 0 atom stereocenters. The van der Waals surface area contributed by atoms with Gasteiger partial charge in [-0.15, -0.1) is 0 Å². The molecular weight excluding hydrogens is 480 g/mol. The van der Waals surface area contributed by atoms with Crippen molar-refractivity contribution in [3.8, 4) is 22.8 Å². The van der Waals surface area contributed by atoms with E-state index in [1.807, 2.05) is 24.3 Å². The molecular formula is C28H23F2N3O4. The van der Waals surface area contributed by atoms with Crippen LogP contribution >= 0.6 is 0 Å². The summed E-state index contributed by atoms with van der Waals surface area (Å²) in [6.07, 6.45) is -2.49. The van der Waals surface area contributed by atoms with Crippen molar-refractivity contribution < 1.29 is 28.2 Å². The Hall–Kier alpha value is -4.53. The maximum absolute atomic E-state index is 13.4. The highest BCUT2D eigenvalue weighted by Crippen LogP contribution is 2.51. The lowest BCUT2D eigenvalue weighted by Crippen LogP contribution is -2.28. The molecule has 0 aliphatic heterocycles. The predicted molar refractivity (Wildman–Crippen MR) is 135 cm³/mol. The number of anilines is 1. The normalized spacial score (nSPS) is 14.2. The standard InChI is InChI=1S/C28H23F2N3O4/c1-27(29,30)37-22-15-19(10-11-21(22)34)28(12-13-28)26(36)33-23-14-18-4-2-3-5-20(18)24(32-23)16-6-8-17(9-7-16)25(31)35/h2-11,14-15,34H,12-13H2,1H3,(H2,31,35)(H,32,33,36). The number of aromatic hydroxyl groups is 1. The van der Waals surface area contributed by atoms with E-state index in [0.717, 1.165) is 16.3 Å². The van der Waals surface area contributed by atoms with E-state index in [4.69, 9.17) is 5.73 Å². The van der Waals surface area contributed by atoms with Crippen molar-refractivity contribution in [2.45, 2.75) is 31.3 Å². The summed E-state index contributed by atoms with van der Waals surface area (Å²) in [5.74, 6) is -1.39. The van der Waals surface area contributed by atoms with Gasteiger partial charge in [0.15, 0.2) is 11.5 Å². The number of nitrogens with two attached hydrogens (primary N) is 1. The molecule has 0 bridgehead atoms. The Balaban J connectivity index is 1.48. The van der Waals surface area contributed by atoms with Crippen LogP contribution in [-0.4, -0.2) is 28.0 Å². The molecule has 1 fully saturated rings. The molecule has 0 spiro atoms. The second-order valence-electron chi connectivity index (χ2n) is 9.15. The molecule has 188 valence electrons. The van der Waals surface area contributed by atoms with E-state index in [-0.39, 0.29) is 5.91 Å². The number of rotatable bonds is 7. The van der Waals surface area contributed by atoms with Gasteiger partial charge in [0.2, 0.25) is 11.8 Å². The van der Waals surface area contributed by atoms with Gasteiger partial charge in [-0.2, -0.15) is 8.78 Å². The average molecular weight is 504 g/mol. The fraction of sp³-hybridized carbons (Fsp3) is 0.179. The number of benzene rings is 3. The number of nitrogens with zero attached hydrogens (tertiary/aromatic N) is 1. The molecule has 1 aliphatic rings. The maximum Gasteiger partial charge on any atom is 0.395 e. The van der Waals surface area contributed by atoms with Gasteiger partial charge in [0, 0.05) is 23.4 Å². The van der Waals surface area contributed by atoms with Crippen molar-refractivity contribution in [1.29, 1.82) is 0 Å². The van der Waals surface area contributed by atoms with Crippen molar-refractivity contribution in [2.75, 3.05) is 5.32 Å². The number of aromatic nitrogens is 1. The Morgan fingerprint density at radius 2 is 1.76 bits per heavy atom. The number of phenols is 1. The van der Waals surface area contributed by atoms with E-state index < -0.39 is 28.9 Å². The van der Waals surface area contributed by atoms with Crippen molar-refractivity contribution in [1.82, 2.24) is 4.98 Å². The Morgan fingerprint density at radius 1 is 1.05 bits per heavy atom. The molecule has 37 heavy (non-hydrogen) atoms. The van der Waals surface area contributed by atoms with Gasteiger partial charge < -0.3 is 20.9 Å². The fourth-order valence-corrected chi connectivity index (χ4v) is 4.37. The minimum atomic E-state index is -3.49. The van der Waals surface area contributed by atoms with Crippen LogP contribution in [-0.2, 0) is 10.2 Å². The quantitative estimate of drug-likeness (QED) is 0.314. The molecule has 1 aliphatic carbocycles. The Morgan fingerprint density at radius 3 is 2.41 bits per heavy atom. The van der Waals surface area contributed by atoms with Crippen LogP contribution in [0.4, 0.5) is 14.6 Å². The average Bonchev–Trinajstić information content (AvgIpc) is 3.66. The summed E-state index contributed by atoms with van der Waals surface area (Å²) in [6, 6.07) is 20.1. The molecule has 0 radical (unpaired) electrons. The molecule has 0 saturated heterocycles. The molecule has 0 unspecified atom stereocenters. The second kappa shape index (κ2) is 8.85. The first-order valence-electron chi connectivity index (χ1n) is 11.6. The summed E-state index contributed by atoms with van der Waals surface area (Å²) in [5.41, 5.74) is 6.58. The minimum absolute atomic E-state index is 0.319. The first kappa shape index (κ1) is 24.2. The van der Waals surface area contributed by atoms with E-state index >= 15 is 0 Å². The number of ether oxygens (including phenoxy) is 1. The van der Waals surface area contributed by atoms with Gasteiger partial charge in [0.25, 0.3) is 0 Å². The van der Waals surface area contributed by atoms with Gasteiger partial charge in [0.1, 0.15) is 5.82 Å². The van der Waals surface area contributed by atoms with Crippen molar-refractivity contribution >= 4 is 28.4 Å². The third-order valence-electron chi connectivity index (χ3n) is 6.41. The van der Waals surface area contributed by atoms with Crippen LogP contribution in [0, 0.1) is 0 Å². The summed E-state index contributed by atoms with van der Waals surface area (Å²) < 4.78 is 31.4. The third-order valence-corrected chi connectivity index (χ3v) is 6.41. The summed E-state index contributed by atoms with van der Waals surface area (Å²) in [5, 5.41) is 14.5. The Labute approximate surface area is 210 Å². The number of carbonyl (C=O) groups excluding carboxylic acids is 2.